The van der Waals surface area contributed by atoms with Gasteiger partial charge < -0.3 is 39.9 Å². The zero-order valence-corrected chi connectivity index (χ0v) is 34.8. The van der Waals surface area contributed by atoms with Gasteiger partial charge in [-0.05, 0) is 51.4 Å². The Morgan fingerprint density at radius 1 is 0.589 bits per heavy atom. The molecule has 0 aromatic rings. The largest absolute Gasteiger partial charge is 0.472 e. The molecule has 0 amide bonds. The van der Waals surface area contributed by atoms with Gasteiger partial charge in [-0.25, -0.2) is 4.57 Å². The first-order chi connectivity index (χ1) is 27.0. The van der Waals surface area contributed by atoms with E-state index in [-0.39, 0.29) is 13.0 Å². The molecule has 1 fully saturated rings. The number of carbonyl (C=O) groups is 1. The Morgan fingerprint density at radius 2 is 1.02 bits per heavy atom. The average molecular weight is 813 g/mol. The fourth-order valence-corrected chi connectivity index (χ4v) is 6.76. The normalized spacial score (nSPS) is 23.8. The van der Waals surface area contributed by atoms with Gasteiger partial charge in [-0.15, -0.1) is 0 Å². The lowest BCUT2D eigenvalue weighted by Crippen LogP contribution is -2.64. The molecule has 1 saturated carbocycles. The third-order valence-corrected chi connectivity index (χ3v) is 10.1. The number of hydrogen-bond donors (Lipinski definition) is 6. The first-order valence-corrected chi connectivity index (χ1v) is 22.3. The summed E-state index contributed by atoms with van der Waals surface area (Å²) >= 11 is 0. The van der Waals surface area contributed by atoms with Crippen molar-refractivity contribution in [3.63, 3.8) is 0 Å². The standard InChI is InChI=1S/C43H73O12P/c1-3-5-7-9-11-13-15-16-17-18-19-20-21-22-23-24-26-28-30-32-37(44)54-36(34-52-33-31-29-27-25-14-12-10-8-6-4-2)35-53-56(50,51)55-43-41(48)39(46)38(45)40(47)42(43)49/h5,7,11,13,16-17,19-20,22-23,26,28,36,38-43,45-49H,3-4,6,8-10,12,14-15,18,21,24-25,27,29-35H2,1-2H3,(H,50,51)/b7-5-,13-11-,17-16-,20-19-,23-22-,28-26-. The van der Waals surface area contributed by atoms with E-state index in [1.807, 2.05) is 12.2 Å². The molecule has 13 heteroatoms. The molecule has 1 aliphatic carbocycles. The van der Waals surface area contributed by atoms with Crippen molar-refractivity contribution in [2.75, 3.05) is 19.8 Å². The van der Waals surface area contributed by atoms with Gasteiger partial charge >= 0.3 is 13.8 Å². The van der Waals surface area contributed by atoms with Gasteiger partial charge in [0.25, 0.3) is 0 Å². The summed E-state index contributed by atoms with van der Waals surface area (Å²) in [5.74, 6) is -0.562. The molecule has 0 aromatic carbocycles. The molecule has 0 radical (unpaired) electrons. The number of allylic oxidation sites excluding steroid dienone is 12. The lowest BCUT2D eigenvalue weighted by Gasteiger charge is -2.41. The van der Waals surface area contributed by atoms with E-state index in [0.29, 0.717) is 13.0 Å². The van der Waals surface area contributed by atoms with Crippen molar-refractivity contribution >= 4 is 13.8 Å². The summed E-state index contributed by atoms with van der Waals surface area (Å²) in [6.07, 6.45) is 30.0. The van der Waals surface area contributed by atoms with Crippen LogP contribution in [0.1, 0.15) is 129 Å². The number of phosphoric acid groups is 1. The maximum absolute atomic E-state index is 12.8. The second-order valence-electron chi connectivity index (χ2n) is 14.1. The van der Waals surface area contributed by atoms with Crippen molar-refractivity contribution < 1.29 is 58.3 Å². The third kappa shape index (κ3) is 25.9. The zero-order valence-electron chi connectivity index (χ0n) is 33.9. The van der Waals surface area contributed by atoms with Crippen LogP contribution in [-0.4, -0.2) is 98.9 Å². The summed E-state index contributed by atoms with van der Waals surface area (Å²) in [5.41, 5.74) is 0. The average Bonchev–Trinajstić information content (AvgIpc) is 3.18. The smallest absolute Gasteiger partial charge is 0.457 e. The van der Waals surface area contributed by atoms with E-state index in [2.05, 4.69) is 74.6 Å². The van der Waals surface area contributed by atoms with Gasteiger partial charge in [0.15, 0.2) is 0 Å². The van der Waals surface area contributed by atoms with E-state index in [0.717, 1.165) is 57.8 Å². The summed E-state index contributed by atoms with van der Waals surface area (Å²) in [6, 6.07) is 0. The number of unbranched alkanes of at least 4 members (excludes halogenated alkanes) is 9. The van der Waals surface area contributed by atoms with Gasteiger partial charge in [-0.3, -0.25) is 13.8 Å². The van der Waals surface area contributed by atoms with Crippen LogP contribution < -0.4 is 0 Å². The molecule has 0 bridgehead atoms. The van der Waals surface area contributed by atoms with Crippen molar-refractivity contribution in [1.82, 2.24) is 0 Å². The van der Waals surface area contributed by atoms with Gasteiger partial charge in [-0.1, -0.05) is 145 Å². The Bertz CT molecular complexity index is 1200. The van der Waals surface area contributed by atoms with Gasteiger partial charge in [0.1, 0.15) is 42.7 Å². The topological polar surface area (TPSA) is 192 Å². The number of ether oxygens (including phenoxy) is 2. The van der Waals surface area contributed by atoms with Crippen LogP contribution in [0.25, 0.3) is 0 Å². The molecule has 0 spiro atoms. The van der Waals surface area contributed by atoms with Crippen molar-refractivity contribution in [1.29, 1.82) is 0 Å². The fraction of sp³-hybridized carbons (Fsp3) is 0.698. The van der Waals surface area contributed by atoms with Crippen LogP contribution in [0.3, 0.4) is 0 Å². The minimum absolute atomic E-state index is 0.0585. The molecule has 0 saturated heterocycles. The lowest BCUT2D eigenvalue weighted by atomic mass is 9.85. The molecule has 56 heavy (non-hydrogen) atoms. The first-order valence-electron chi connectivity index (χ1n) is 20.8. The fourth-order valence-electron chi connectivity index (χ4n) is 5.79. The zero-order chi connectivity index (χ0) is 41.3. The van der Waals surface area contributed by atoms with E-state index in [1.54, 1.807) is 0 Å². The highest BCUT2D eigenvalue weighted by Gasteiger charge is 2.51. The van der Waals surface area contributed by atoms with Crippen LogP contribution in [0.4, 0.5) is 0 Å². The Hall–Kier alpha value is -2.22. The van der Waals surface area contributed by atoms with Gasteiger partial charge in [0.05, 0.1) is 13.2 Å². The van der Waals surface area contributed by atoms with E-state index >= 15 is 0 Å². The Kier molecular flexibility index (Phi) is 31.2. The highest BCUT2D eigenvalue weighted by molar-refractivity contribution is 7.47. The van der Waals surface area contributed by atoms with Crippen LogP contribution in [0.2, 0.25) is 0 Å². The van der Waals surface area contributed by atoms with Crippen molar-refractivity contribution in [3.8, 4) is 0 Å². The molecule has 6 atom stereocenters. The van der Waals surface area contributed by atoms with Crippen molar-refractivity contribution in [3.05, 3.63) is 72.9 Å². The number of esters is 1. The second kappa shape index (κ2) is 33.7. The minimum atomic E-state index is -5.03. The summed E-state index contributed by atoms with van der Waals surface area (Å²) in [5, 5.41) is 50.0. The summed E-state index contributed by atoms with van der Waals surface area (Å²) in [4.78, 5) is 23.0. The van der Waals surface area contributed by atoms with Crippen LogP contribution >= 0.6 is 7.82 Å². The second-order valence-corrected chi connectivity index (χ2v) is 15.5. The quantitative estimate of drug-likeness (QED) is 0.0165. The van der Waals surface area contributed by atoms with E-state index in [4.69, 9.17) is 18.5 Å². The van der Waals surface area contributed by atoms with Gasteiger partial charge in [0.2, 0.25) is 0 Å². The van der Waals surface area contributed by atoms with Crippen LogP contribution in [0.5, 0.6) is 0 Å². The third-order valence-electron chi connectivity index (χ3n) is 9.11. The number of aliphatic hydroxyl groups is 5. The Labute approximate surface area is 336 Å². The van der Waals surface area contributed by atoms with E-state index in [9.17, 15) is 39.8 Å². The molecular formula is C43H73O12P. The Balaban J connectivity index is 2.50. The minimum Gasteiger partial charge on any atom is -0.457 e. The number of aliphatic hydroxyl groups excluding tert-OH is 5. The summed E-state index contributed by atoms with van der Waals surface area (Å²) < 4.78 is 33.9. The highest BCUT2D eigenvalue weighted by atomic mass is 31.2. The van der Waals surface area contributed by atoms with Crippen molar-refractivity contribution in [2.24, 2.45) is 0 Å². The predicted octanol–water partition coefficient (Wildman–Crippen LogP) is 7.63. The highest BCUT2D eigenvalue weighted by Crippen LogP contribution is 2.47. The van der Waals surface area contributed by atoms with Crippen LogP contribution in [0, 0.1) is 0 Å². The Morgan fingerprint density at radius 3 is 1.50 bits per heavy atom. The molecule has 6 unspecified atom stereocenters. The van der Waals surface area contributed by atoms with E-state index < -0.39 is 63.1 Å². The number of carbonyl (C=O) groups excluding carboxylic acids is 1. The molecule has 0 heterocycles. The summed E-state index contributed by atoms with van der Waals surface area (Å²) in [7, 11) is -5.03. The lowest BCUT2D eigenvalue weighted by molar-refractivity contribution is -0.220. The van der Waals surface area contributed by atoms with Gasteiger partial charge in [-0.2, -0.15) is 0 Å². The van der Waals surface area contributed by atoms with Crippen LogP contribution in [0.15, 0.2) is 72.9 Å². The molecule has 1 aliphatic rings. The monoisotopic (exact) mass is 812 g/mol. The maximum atomic E-state index is 12.8. The first kappa shape index (κ1) is 51.8. The molecule has 12 nitrogen and oxygen atoms in total. The molecular weight excluding hydrogens is 739 g/mol. The SMILES string of the molecule is CC/C=C\C/C=C\C/C=C\C/C=C\C/C=C\C/C=C\CCC(=O)OC(COCCCCCCCCCCCC)COP(=O)(O)OC1C(O)C(O)C(O)C(O)C1O. The molecule has 6 N–H and O–H groups in total. The van der Waals surface area contributed by atoms with E-state index in [1.165, 1.54) is 44.9 Å². The number of phosphoric ester groups is 1. The summed E-state index contributed by atoms with van der Waals surface area (Å²) in [6.45, 7) is 4.02. The predicted molar refractivity (Wildman–Crippen MR) is 221 cm³/mol. The van der Waals surface area contributed by atoms with Gasteiger partial charge in [0, 0.05) is 13.0 Å². The van der Waals surface area contributed by atoms with Crippen LogP contribution in [-0.2, 0) is 27.9 Å². The number of rotatable bonds is 33. The molecule has 1 rings (SSSR count). The molecule has 0 aromatic heterocycles. The molecule has 322 valence electrons. The molecule has 0 aliphatic heterocycles. The maximum Gasteiger partial charge on any atom is 0.472 e. The number of hydrogen-bond acceptors (Lipinski definition) is 11. The van der Waals surface area contributed by atoms with Crippen molar-refractivity contribution in [2.45, 2.75) is 172 Å².